The summed E-state index contributed by atoms with van der Waals surface area (Å²) >= 11 is 6.69. The summed E-state index contributed by atoms with van der Waals surface area (Å²) in [6.45, 7) is 1.02. The number of benzene rings is 3. The van der Waals surface area contributed by atoms with E-state index in [-0.39, 0.29) is 18.3 Å². The molecule has 1 heterocycles. The molecule has 1 amide bonds. The second kappa shape index (κ2) is 9.06. The van der Waals surface area contributed by atoms with Gasteiger partial charge in [0.2, 0.25) is 5.91 Å². The van der Waals surface area contributed by atoms with Crippen molar-refractivity contribution < 1.29 is 18.7 Å². The molecular formula is C24H20ClF2N3O2. The van der Waals surface area contributed by atoms with Gasteiger partial charge in [-0.2, -0.15) is 5.10 Å². The van der Waals surface area contributed by atoms with Crippen molar-refractivity contribution in [2.24, 2.45) is 0 Å². The van der Waals surface area contributed by atoms with Crippen LogP contribution in [0.2, 0.25) is 5.02 Å². The maximum absolute atomic E-state index is 13.5. The van der Waals surface area contributed by atoms with Gasteiger partial charge in [0.05, 0.1) is 30.0 Å². The van der Waals surface area contributed by atoms with E-state index in [1.165, 1.54) is 31.2 Å². The largest absolute Gasteiger partial charge is 0.394 e. The van der Waals surface area contributed by atoms with Crippen LogP contribution < -0.4 is 5.32 Å². The number of rotatable bonds is 6. The van der Waals surface area contributed by atoms with E-state index < -0.39 is 17.8 Å². The first-order valence-electron chi connectivity index (χ1n) is 9.94. The van der Waals surface area contributed by atoms with Crippen LogP contribution in [0.25, 0.3) is 16.6 Å². The van der Waals surface area contributed by atoms with E-state index in [0.29, 0.717) is 27.4 Å². The zero-order valence-corrected chi connectivity index (χ0v) is 17.9. The Morgan fingerprint density at radius 2 is 1.72 bits per heavy atom. The van der Waals surface area contributed by atoms with Crippen molar-refractivity contribution in [2.75, 3.05) is 6.61 Å². The Balaban J connectivity index is 1.85. The Morgan fingerprint density at radius 3 is 2.31 bits per heavy atom. The average Bonchev–Trinajstić information content (AvgIpc) is 3.17. The predicted molar refractivity (Wildman–Crippen MR) is 119 cm³/mol. The molecule has 0 aliphatic carbocycles. The van der Waals surface area contributed by atoms with Crippen LogP contribution in [-0.2, 0) is 4.79 Å². The fraction of sp³-hybridized carbons (Fsp3) is 0.167. The van der Waals surface area contributed by atoms with Crippen LogP contribution in [-0.4, -0.2) is 33.4 Å². The second-order valence-electron chi connectivity index (χ2n) is 7.48. The molecular weight excluding hydrogens is 436 g/mol. The van der Waals surface area contributed by atoms with Gasteiger partial charge in [0, 0.05) is 23.3 Å². The second-order valence-corrected chi connectivity index (χ2v) is 7.89. The fourth-order valence-electron chi connectivity index (χ4n) is 3.89. The van der Waals surface area contributed by atoms with Crippen LogP contribution in [0.15, 0.2) is 66.9 Å². The lowest BCUT2D eigenvalue weighted by atomic mass is 9.84. The summed E-state index contributed by atoms with van der Waals surface area (Å²) in [6.07, 6.45) is 1.66. The number of carbonyl (C=O) groups is 1. The van der Waals surface area contributed by atoms with Crippen LogP contribution in [0, 0.1) is 11.6 Å². The fourth-order valence-corrected chi connectivity index (χ4v) is 4.16. The quantitative estimate of drug-likeness (QED) is 0.447. The number of carbonyl (C=O) groups excluding carboxylic acids is 1. The Morgan fingerprint density at radius 1 is 1.09 bits per heavy atom. The highest BCUT2D eigenvalue weighted by atomic mass is 35.5. The Labute approximate surface area is 188 Å². The third kappa shape index (κ3) is 4.35. The minimum Gasteiger partial charge on any atom is -0.394 e. The highest BCUT2D eigenvalue weighted by Gasteiger charge is 2.28. The van der Waals surface area contributed by atoms with Gasteiger partial charge in [0.1, 0.15) is 11.6 Å². The van der Waals surface area contributed by atoms with E-state index in [0.717, 1.165) is 5.39 Å². The molecule has 4 aromatic rings. The molecule has 0 fully saturated rings. The van der Waals surface area contributed by atoms with Gasteiger partial charge >= 0.3 is 0 Å². The maximum atomic E-state index is 13.5. The van der Waals surface area contributed by atoms with Gasteiger partial charge < -0.3 is 10.4 Å². The van der Waals surface area contributed by atoms with Crippen molar-refractivity contribution in [1.29, 1.82) is 0 Å². The van der Waals surface area contributed by atoms with Crippen molar-refractivity contribution in [2.45, 2.75) is 18.9 Å². The Kier molecular flexibility index (Phi) is 6.21. The molecule has 5 nitrogen and oxygen atoms in total. The number of nitrogens with one attached hydrogen (secondary N) is 1. The smallest absolute Gasteiger partial charge is 0.217 e. The molecule has 0 bridgehead atoms. The molecule has 2 unspecified atom stereocenters. The highest BCUT2D eigenvalue weighted by molar-refractivity contribution is 6.32. The van der Waals surface area contributed by atoms with Crippen molar-refractivity contribution >= 4 is 28.4 Å². The lowest BCUT2D eigenvalue weighted by Gasteiger charge is -2.28. The molecule has 8 heteroatoms. The van der Waals surface area contributed by atoms with Crippen molar-refractivity contribution in [3.05, 3.63) is 94.6 Å². The number of amides is 1. The molecule has 0 aliphatic heterocycles. The molecule has 0 saturated heterocycles. The number of aliphatic hydroxyl groups is 1. The normalized spacial score (nSPS) is 13.2. The van der Waals surface area contributed by atoms with Gasteiger partial charge in [-0.1, -0.05) is 23.7 Å². The van der Waals surface area contributed by atoms with Gasteiger partial charge in [-0.05, 0) is 59.7 Å². The zero-order valence-electron chi connectivity index (χ0n) is 17.1. The van der Waals surface area contributed by atoms with Gasteiger partial charge in [0.25, 0.3) is 0 Å². The van der Waals surface area contributed by atoms with Gasteiger partial charge in [-0.15, -0.1) is 0 Å². The monoisotopic (exact) mass is 455 g/mol. The first-order chi connectivity index (χ1) is 15.4. The summed E-state index contributed by atoms with van der Waals surface area (Å²) in [6, 6.07) is 14.7. The Hall–Kier alpha value is -3.29. The summed E-state index contributed by atoms with van der Waals surface area (Å²) in [7, 11) is 0. The van der Waals surface area contributed by atoms with Crippen LogP contribution in [0.1, 0.15) is 24.0 Å². The van der Waals surface area contributed by atoms with E-state index in [9.17, 15) is 18.7 Å². The number of hydrogen-bond donors (Lipinski definition) is 2. The molecule has 32 heavy (non-hydrogen) atoms. The van der Waals surface area contributed by atoms with Gasteiger partial charge in [-0.3, -0.25) is 4.79 Å². The number of nitrogens with zero attached hydrogens (tertiary/aromatic N) is 2. The molecule has 0 radical (unpaired) electrons. The SMILES string of the molecule is CC(=O)NC(CO)C(c1ccc(F)cc1)c1cc2cnn(-c3ccc(F)cc3)c2cc1Cl. The molecule has 0 aliphatic rings. The summed E-state index contributed by atoms with van der Waals surface area (Å²) in [5.41, 5.74) is 2.72. The maximum Gasteiger partial charge on any atom is 0.217 e. The molecule has 1 aromatic heterocycles. The van der Waals surface area contributed by atoms with Gasteiger partial charge in [-0.25, -0.2) is 13.5 Å². The minimum absolute atomic E-state index is 0.308. The third-order valence-electron chi connectivity index (χ3n) is 5.31. The molecule has 2 N–H and O–H groups in total. The van der Waals surface area contributed by atoms with Crippen molar-refractivity contribution in [3.63, 3.8) is 0 Å². The number of aliphatic hydroxyl groups excluding tert-OH is 1. The van der Waals surface area contributed by atoms with Gasteiger partial charge in [0.15, 0.2) is 0 Å². The topological polar surface area (TPSA) is 67.2 Å². The summed E-state index contributed by atoms with van der Waals surface area (Å²) in [5.74, 6) is -1.58. The van der Waals surface area contributed by atoms with Crippen LogP contribution in [0.5, 0.6) is 0 Å². The van der Waals surface area contributed by atoms with E-state index >= 15 is 0 Å². The molecule has 2 atom stereocenters. The standard InChI is InChI=1S/C24H20ClF2N3O2/c1-14(32)29-22(13-31)24(15-2-4-17(26)5-3-15)20-10-16-12-28-30(23(16)11-21(20)25)19-8-6-18(27)7-9-19/h2-12,22,24,31H,13H2,1H3,(H,29,32). The first kappa shape index (κ1) is 21.9. The Bertz CT molecular complexity index is 1260. The molecule has 4 rings (SSSR count). The lowest BCUT2D eigenvalue weighted by molar-refractivity contribution is -0.120. The first-order valence-corrected chi connectivity index (χ1v) is 10.3. The number of halogens is 3. The minimum atomic E-state index is -0.681. The summed E-state index contributed by atoms with van der Waals surface area (Å²) in [5, 5.41) is 18.3. The highest BCUT2D eigenvalue weighted by Crippen LogP contribution is 2.36. The molecule has 3 aromatic carbocycles. The molecule has 164 valence electrons. The van der Waals surface area contributed by atoms with E-state index in [4.69, 9.17) is 11.6 Å². The van der Waals surface area contributed by atoms with E-state index in [1.54, 1.807) is 41.2 Å². The van der Waals surface area contributed by atoms with E-state index in [2.05, 4.69) is 10.4 Å². The summed E-state index contributed by atoms with van der Waals surface area (Å²) in [4.78, 5) is 11.8. The molecule has 0 saturated carbocycles. The zero-order chi connectivity index (χ0) is 22.8. The predicted octanol–water partition coefficient (Wildman–Crippen LogP) is 4.59. The average molecular weight is 456 g/mol. The number of fused-ring (bicyclic) bond motifs is 1. The van der Waals surface area contributed by atoms with Crippen LogP contribution in [0.4, 0.5) is 8.78 Å². The summed E-state index contributed by atoms with van der Waals surface area (Å²) < 4.78 is 28.5. The lowest BCUT2D eigenvalue weighted by Crippen LogP contribution is -2.41. The molecule has 0 spiro atoms. The van der Waals surface area contributed by atoms with Crippen LogP contribution >= 0.6 is 11.6 Å². The van der Waals surface area contributed by atoms with E-state index in [1.807, 2.05) is 6.07 Å². The number of aromatic nitrogens is 2. The van der Waals surface area contributed by atoms with Crippen molar-refractivity contribution in [3.8, 4) is 5.69 Å². The van der Waals surface area contributed by atoms with Crippen molar-refractivity contribution in [1.82, 2.24) is 15.1 Å². The van der Waals surface area contributed by atoms with Crippen LogP contribution in [0.3, 0.4) is 0 Å². The number of hydrogen-bond acceptors (Lipinski definition) is 3. The third-order valence-corrected chi connectivity index (χ3v) is 5.64.